The van der Waals surface area contributed by atoms with Crippen molar-refractivity contribution in [3.05, 3.63) is 53.9 Å². The number of methoxy groups -OCH3 is 2. The average molecular weight is 416 g/mol. The molecule has 1 aromatic heterocycles. The second-order valence-corrected chi connectivity index (χ2v) is 7.66. The maximum absolute atomic E-state index is 12.9. The summed E-state index contributed by atoms with van der Waals surface area (Å²) >= 11 is 1.57. The molecule has 2 atom stereocenters. The monoisotopic (exact) mass is 415 g/mol. The van der Waals surface area contributed by atoms with Gasteiger partial charge < -0.3 is 19.7 Å². The summed E-state index contributed by atoms with van der Waals surface area (Å²) in [6, 6.07) is 8.79. The third-order valence-corrected chi connectivity index (χ3v) is 6.10. The average Bonchev–Trinajstić information content (AvgIpc) is 3.22. The summed E-state index contributed by atoms with van der Waals surface area (Å²) in [6.45, 7) is 2.19. The van der Waals surface area contributed by atoms with Crippen molar-refractivity contribution in [2.75, 3.05) is 20.0 Å². The van der Waals surface area contributed by atoms with Crippen molar-refractivity contribution >= 4 is 23.6 Å². The quantitative estimate of drug-likeness (QED) is 0.749. The molecular formula is C21H25N3O4S. The number of thioether (sulfide) groups is 1. The topological polar surface area (TPSA) is 80.8 Å². The zero-order chi connectivity index (χ0) is 20.8. The predicted octanol–water partition coefficient (Wildman–Crippen LogP) is 2.77. The molecule has 29 heavy (non-hydrogen) atoms. The summed E-state index contributed by atoms with van der Waals surface area (Å²) in [7, 11) is 3.16. The smallest absolute Gasteiger partial charge is 0.243 e. The molecule has 0 bridgehead atoms. The van der Waals surface area contributed by atoms with E-state index in [1.807, 2.05) is 37.3 Å². The van der Waals surface area contributed by atoms with Crippen LogP contribution in [0.5, 0.6) is 11.5 Å². The first-order valence-electron chi connectivity index (χ1n) is 9.40. The molecule has 1 aromatic carbocycles. The highest BCUT2D eigenvalue weighted by Crippen LogP contribution is 2.44. The lowest BCUT2D eigenvalue weighted by molar-refractivity contribution is -0.139. The number of nitrogens with zero attached hydrogens (tertiary/aromatic N) is 2. The number of hydrogen-bond acceptors (Lipinski definition) is 6. The van der Waals surface area contributed by atoms with Gasteiger partial charge in [0, 0.05) is 31.1 Å². The third-order valence-electron chi connectivity index (χ3n) is 4.78. The van der Waals surface area contributed by atoms with Crippen LogP contribution in [0.1, 0.15) is 29.8 Å². The Morgan fingerprint density at radius 2 is 2.03 bits per heavy atom. The molecule has 1 N–H and O–H groups in total. The largest absolute Gasteiger partial charge is 0.493 e. The van der Waals surface area contributed by atoms with Crippen LogP contribution in [0.25, 0.3) is 0 Å². The summed E-state index contributed by atoms with van der Waals surface area (Å²) in [5.74, 6) is 1.53. The van der Waals surface area contributed by atoms with Crippen LogP contribution in [-0.2, 0) is 16.1 Å². The van der Waals surface area contributed by atoms with Crippen LogP contribution in [-0.4, -0.2) is 47.7 Å². The standard InChI is InChI=1S/C21H25N3O4S/c1-4-19(25)24-16(20(26)23-12-14-6-5-9-22-11-14)13-29-21(24)15-7-8-17(27-2)18(10-15)28-3/h5-11,16,21H,4,12-13H2,1-3H3,(H,23,26). The van der Waals surface area contributed by atoms with Crippen molar-refractivity contribution in [3.8, 4) is 11.5 Å². The number of pyridine rings is 1. The number of nitrogens with one attached hydrogen (secondary N) is 1. The number of amides is 2. The molecule has 0 aliphatic carbocycles. The van der Waals surface area contributed by atoms with Gasteiger partial charge >= 0.3 is 0 Å². The van der Waals surface area contributed by atoms with E-state index >= 15 is 0 Å². The fraction of sp³-hybridized carbons (Fsp3) is 0.381. The zero-order valence-corrected chi connectivity index (χ0v) is 17.6. The number of carbonyl (C=O) groups is 2. The summed E-state index contributed by atoms with van der Waals surface area (Å²) in [6.07, 6.45) is 3.73. The highest BCUT2D eigenvalue weighted by Gasteiger charge is 2.41. The normalized spacial score (nSPS) is 18.4. The summed E-state index contributed by atoms with van der Waals surface area (Å²) in [5.41, 5.74) is 1.81. The van der Waals surface area contributed by atoms with Gasteiger partial charge in [-0.25, -0.2) is 0 Å². The maximum Gasteiger partial charge on any atom is 0.243 e. The van der Waals surface area contributed by atoms with E-state index in [9.17, 15) is 9.59 Å². The van der Waals surface area contributed by atoms with Crippen molar-refractivity contribution in [1.29, 1.82) is 0 Å². The van der Waals surface area contributed by atoms with Gasteiger partial charge in [0.05, 0.1) is 14.2 Å². The van der Waals surface area contributed by atoms with Crippen molar-refractivity contribution in [3.63, 3.8) is 0 Å². The molecule has 8 heteroatoms. The number of benzene rings is 1. The first-order valence-corrected chi connectivity index (χ1v) is 10.4. The Kier molecular flexibility index (Phi) is 6.98. The van der Waals surface area contributed by atoms with Crippen molar-refractivity contribution < 1.29 is 19.1 Å². The van der Waals surface area contributed by atoms with E-state index in [2.05, 4.69) is 10.3 Å². The van der Waals surface area contributed by atoms with E-state index in [-0.39, 0.29) is 17.2 Å². The number of aromatic nitrogens is 1. The Morgan fingerprint density at radius 3 is 2.69 bits per heavy atom. The molecule has 0 saturated carbocycles. The van der Waals surface area contributed by atoms with E-state index in [0.717, 1.165) is 11.1 Å². The SMILES string of the molecule is CCC(=O)N1C(C(=O)NCc2cccnc2)CSC1c1ccc(OC)c(OC)c1. The van der Waals surface area contributed by atoms with Crippen LogP contribution < -0.4 is 14.8 Å². The highest BCUT2D eigenvalue weighted by atomic mass is 32.2. The zero-order valence-electron chi connectivity index (χ0n) is 16.8. The molecule has 2 heterocycles. The Bertz CT molecular complexity index is 862. The Balaban J connectivity index is 1.79. The van der Waals surface area contributed by atoms with E-state index in [0.29, 0.717) is 30.2 Å². The molecule has 3 rings (SSSR count). The molecule has 0 spiro atoms. The van der Waals surface area contributed by atoms with Crippen molar-refractivity contribution in [1.82, 2.24) is 15.2 Å². The summed E-state index contributed by atoms with van der Waals surface area (Å²) < 4.78 is 10.7. The van der Waals surface area contributed by atoms with Crippen LogP contribution in [0.4, 0.5) is 0 Å². The van der Waals surface area contributed by atoms with Crippen LogP contribution in [0.15, 0.2) is 42.7 Å². The molecular weight excluding hydrogens is 390 g/mol. The number of carbonyl (C=O) groups excluding carboxylic acids is 2. The van der Waals surface area contributed by atoms with Gasteiger partial charge in [0.2, 0.25) is 11.8 Å². The van der Waals surface area contributed by atoms with E-state index in [4.69, 9.17) is 9.47 Å². The third kappa shape index (κ3) is 4.64. The lowest BCUT2D eigenvalue weighted by atomic mass is 10.1. The lowest BCUT2D eigenvalue weighted by Crippen LogP contribution is -2.47. The molecule has 154 valence electrons. The minimum Gasteiger partial charge on any atom is -0.493 e. The molecule has 2 unspecified atom stereocenters. The van der Waals surface area contributed by atoms with Crippen LogP contribution >= 0.6 is 11.8 Å². The molecule has 1 aliphatic heterocycles. The molecule has 7 nitrogen and oxygen atoms in total. The first kappa shape index (κ1) is 21.0. The Morgan fingerprint density at radius 1 is 1.24 bits per heavy atom. The predicted molar refractivity (Wildman–Crippen MR) is 112 cm³/mol. The van der Waals surface area contributed by atoms with Gasteiger partial charge in [-0.2, -0.15) is 0 Å². The number of ether oxygens (including phenoxy) is 2. The van der Waals surface area contributed by atoms with Crippen LogP contribution in [0.3, 0.4) is 0 Å². The van der Waals surface area contributed by atoms with Crippen LogP contribution in [0, 0.1) is 0 Å². The van der Waals surface area contributed by atoms with Gasteiger partial charge in [0.25, 0.3) is 0 Å². The number of hydrogen-bond donors (Lipinski definition) is 1. The van der Waals surface area contributed by atoms with Crippen molar-refractivity contribution in [2.45, 2.75) is 31.3 Å². The fourth-order valence-electron chi connectivity index (χ4n) is 3.27. The minimum absolute atomic E-state index is 0.0590. The molecule has 0 radical (unpaired) electrons. The van der Waals surface area contributed by atoms with E-state index in [1.165, 1.54) is 0 Å². The van der Waals surface area contributed by atoms with E-state index < -0.39 is 6.04 Å². The first-order chi connectivity index (χ1) is 14.1. The lowest BCUT2D eigenvalue weighted by Gasteiger charge is -2.29. The summed E-state index contributed by atoms with van der Waals surface area (Å²) in [4.78, 5) is 31.3. The maximum atomic E-state index is 12.9. The van der Waals surface area contributed by atoms with Crippen molar-refractivity contribution in [2.24, 2.45) is 0 Å². The summed E-state index contributed by atoms with van der Waals surface area (Å²) in [5, 5.41) is 2.68. The Labute approximate surface area is 174 Å². The molecule has 1 saturated heterocycles. The van der Waals surface area contributed by atoms with Gasteiger partial charge in [-0.1, -0.05) is 19.1 Å². The van der Waals surface area contributed by atoms with E-state index in [1.54, 1.807) is 43.3 Å². The number of rotatable bonds is 7. The molecule has 1 fully saturated rings. The minimum atomic E-state index is -0.526. The second-order valence-electron chi connectivity index (χ2n) is 6.55. The Hall–Kier alpha value is -2.74. The molecule has 1 aliphatic rings. The van der Waals surface area contributed by atoms with Gasteiger partial charge in [-0.3, -0.25) is 14.6 Å². The molecule has 2 aromatic rings. The fourth-order valence-corrected chi connectivity index (χ4v) is 4.71. The van der Waals surface area contributed by atoms with Gasteiger partial charge in [0.15, 0.2) is 11.5 Å². The van der Waals surface area contributed by atoms with Gasteiger partial charge in [0.1, 0.15) is 11.4 Å². The van der Waals surface area contributed by atoms with Gasteiger partial charge in [-0.05, 0) is 29.3 Å². The van der Waals surface area contributed by atoms with Gasteiger partial charge in [-0.15, -0.1) is 11.8 Å². The second kappa shape index (κ2) is 9.65. The highest BCUT2D eigenvalue weighted by molar-refractivity contribution is 7.99. The van der Waals surface area contributed by atoms with Crippen LogP contribution in [0.2, 0.25) is 0 Å². The molecule has 2 amide bonds.